The number of nitrogens with one attached hydrogen (secondary N) is 1. The quantitative estimate of drug-likeness (QED) is 0.778. The molecular formula is C20H20ClN3O. The van der Waals surface area contributed by atoms with Gasteiger partial charge in [-0.1, -0.05) is 35.9 Å². The summed E-state index contributed by atoms with van der Waals surface area (Å²) >= 11 is 5.89. The molecule has 4 rings (SSSR count). The van der Waals surface area contributed by atoms with Gasteiger partial charge in [-0.15, -0.1) is 0 Å². The number of carbonyl (C=O) groups is 1. The summed E-state index contributed by atoms with van der Waals surface area (Å²) in [5.74, 6) is 1.16. The molecular weight excluding hydrogens is 334 g/mol. The lowest BCUT2D eigenvalue weighted by molar-refractivity contribution is -0.125. The Morgan fingerprint density at radius 3 is 2.84 bits per heavy atom. The lowest BCUT2D eigenvalue weighted by Gasteiger charge is -2.23. The molecule has 1 aromatic heterocycles. The highest BCUT2D eigenvalue weighted by molar-refractivity contribution is 6.30. The molecule has 0 bridgehead atoms. The minimum absolute atomic E-state index is 0.00882. The van der Waals surface area contributed by atoms with Gasteiger partial charge in [0.25, 0.3) is 0 Å². The zero-order valence-electron chi connectivity index (χ0n) is 13.9. The van der Waals surface area contributed by atoms with Gasteiger partial charge in [-0.2, -0.15) is 0 Å². The van der Waals surface area contributed by atoms with Crippen molar-refractivity contribution in [2.75, 3.05) is 6.54 Å². The number of rotatable bonds is 4. The lowest BCUT2D eigenvalue weighted by Crippen LogP contribution is -2.36. The number of benzene rings is 2. The van der Waals surface area contributed by atoms with Crippen LogP contribution in [0.5, 0.6) is 0 Å². The number of fused-ring (bicyclic) bond motifs is 3. The standard InChI is InChI=1S/C20H20ClN3O/c21-16-7-5-14(6-8-16)9-11-22-20(25)15-10-12-24-18-4-2-1-3-17(18)23-19(24)13-15/h1-8,15H,9-13H2,(H,22,25). The van der Waals surface area contributed by atoms with E-state index in [4.69, 9.17) is 16.6 Å². The van der Waals surface area contributed by atoms with Crippen molar-refractivity contribution in [2.24, 2.45) is 5.92 Å². The molecule has 0 aliphatic carbocycles. The highest BCUT2D eigenvalue weighted by Gasteiger charge is 2.26. The third kappa shape index (κ3) is 3.40. The minimum Gasteiger partial charge on any atom is -0.356 e. The van der Waals surface area contributed by atoms with Crippen LogP contribution in [-0.4, -0.2) is 22.0 Å². The van der Waals surface area contributed by atoms with Gasteiger partial charge in [0.2, 0.25) is 5.91 Å². The highest BCUT2D eigenvalue weighted by Crippen LogP contribution is 2.25. The molecule has 1 unspecified atom stereocenters. The van der Waals surface area contributed by atoms with E-state index < -0.39 is 0 Å². The van der Waals surface area contributed by atoms with E-state index >= 15 is 0 Å². The predicted octanol–water partition coefficient (Wildman–Crippen LogP) is 3.61. The molecule has 2 aromatic carbocycles. The Labute approximate surface area is 151 Å². The Bertz CT molecular complexity index is 901. The van der Waals surface area contributed by atoms with Crippen molar-refractivity contribution in [1.29, 1.82) is 0 Å². The fourth-order valence-corrected chi connectivity index (χ4v) is 3.61. The molecule has 3 aromatic rings. The molecule has 4 nitrogen and oxygen atoms in total. The molecule has 1 N–H and O–H groups in total. The van der Waals surface area contributed by atoms with E-state index in [0.717, 1.165) is 35.8 Å². The first kappa shape index (κ1) is 16.2. The average Bonchev–Trinajstić information content (AvgIpc) is 3.01. The number of hydrogen-bond acceptors (Lipinski definition) is 2. The van der Waals surface area contributed by atoms with Crippen molar-refractivity contribution in [1.82, 2.24) is 14.9 Å². The normalized spacial score (nSPS) is 16.6. The molecule has 0 fully saturated rings. The monoisotopic (exact) mass is 353 g/mol. The summed E-state index contributed by atoms with van der Waals surface area (Å²) in [6.07, 6.45) is 2.38. The van der Waals surface area contributed by atoms with Gasteiger partial charge in [-0.25, -0.2) is 4.98 Å². The number of aryl methyl sites for hydroxylation is 1. The molecule has 0 saturated heterocycles. The van der Waals surface area contributed by atoms with Gasteiger partial charge in [0.15, 0.2) is 0 Å². The van der Waals surface area contributed by atoms with Gasteiger partial charge in [-0.3, -0.25) is 4.79 Å². The Kier molecular flexibility index (Phi) is 4.45. The summed E-state index contributed by atoms with van der Waals surface area (Å²) in [5, 5.41) is 3.81. The smallest absolute Gasteiger partial charge is 0.223 e. The van der Waals surface area contributed by atoms with E-state index in [9.17, 15) is 4.79 Å². The summed E-state index contributed by atoms with van der Waals surface area (Å²) in [6.45, 7) is 1.50. The highest BCUT2D eigenvalue weighted by atomic mass is 35.5. The average molecular weight is 354 g/mol. The molecule has 128 valence electrons. The lowest BCUT2D eigenvalue weighted by atomic mass is 9.96. The SMILES string of the molecule is O=C(NCCc1ccc(Cl)cc1)C1CCn2c(nc3ccccc32)C1. The maximum atomic E-state index is 12.5. The van der Waals surface area contributed by atoms with E-state index in [2.05, 4.69) is 16.0 Å². The van der Waals surface area contributed by atoms with E-state index in [1.165, 1.54) is 11.1 Å². The van der Waals surface area contributed by atoms with Crippen molar-refractivity contribution in [3.8, 4) is 0 Å². The summed E-state index contributed by atoms with van der Waals surface area (Å²) in [7, 11) is 0. The van der Waals surface area contributed by atoms with E-state index in [1.54, 1.807) is 0 Å². The van der Waals surface area contributed by atoms with Gasteiger partial charge in [0.05, 0.1) is 11.0 Å². The van der Waals surface area contributed by atoms with Crippen molar-refractivity contribution in [2.45, 2.75) is 25.8 Å². The summed E-state index contributed by atoms with van der Waals surface area (Å²) < 4.78 is 2.24. The van der Waals surface area contributed by atoms with Crippen LogP contribution in [0, 0.1) is 5.92 Å². The van der Waals surface area contributed by atoms with Crippen LogP contribution < -0.4 is 5.32 Å². The first-order valence-electron chi connectivity index (χ1n) is 8.67. The Balaban J connectivity index is 1.36. The predicted molar refractivity (Wildman–Crippen MR) is 99.7 cm³/mol. The zero-order chi connectivity index (χ0) is 17.2. The van der Waals surface area contributed by atoms with Crippen molar-refractivity contribution in [3.63, 3.8) is 0 Å². The molecule has 0 spiro atoms. The van der Waals surface area contributed by atoms with E-state index in [1.807, 2.05) is 42.5 Å². The van der Waals surface area contributed by atoms with Crippen LogP contribution in [0.15, 0.2) is 48.5 Å². The molecule has 25 heavy (non-hydrogen) atoms. The second-order valence-electron chi connectivity index (χ2n) is 6.53. The molecule has 5 heteroatoms. The van der Waals surface area contributed by atoms with Crippen LogP contribution in [0.4, 0.5) is 0 Å². The Morgan fingerprint density at radius 2 is 2.00 bits per heavy atom. The Hall–Kier alpha value is -2.33. The maximum absolute atomic E-state index is 12.5. The number of hydrogen-bond donors (Lipinski definition) is 1. The number of aromatic nitrogens is 2. The molecule has 1 aliphatic heterocycles. The molecule has 0 saturated carbocycles. The van der Waals surface area contributed by atoms with Gasteiger partial charge in [0.1, 0.15) is 5.82 Å². The summed E-state index contributed by atoms with van der Waals surface area (Å²) in [5.41, 5.74) is 3.36. The maximum Gasteiger partial charge on any atom is 0.223 e. The number of halogens is 1. The third-order valence-corrected chi connectivity index (χ3v) is 5.11. The number of para-hydroxylation sites is 2. The number of amides is 1. The van der Waals surface area contributed by atoms with Crippen LogP contribution in [0.25, 0.3) is 11.0 Å². The van der Waals surface area contributed by atoms with Crippen molar-refractivity contribution >= 4 is 28.5 Å². The van der Waals surface area contributed by atoms with Gasteiger partial charge < -0.3 is 9.88 Å². The topological polar surface area (TPSA) is 46.9 Å². The van der Waals surface area contributed by atoms with Crippen molar-refractivity contribution < 1.29 is 4.79 Å². The van der Waals surface area contributed by atoms with Crippen LogP contribution in [0.2, 0.25) is 5.02 Å². The number of carbonyl (C=O) groups excluding carboxylic acids is 1. The zero-order valence-corrected chi connectivity index (χ0v) is 14.7. The Morgan fingerprint density at radius 1 is 1.20 bits per heavy atom. The second-order valence-corrected chi connectivity index (χ2v) is 6.96. The number of nitrogens with zero attached hydrogens (tertiary/aromatic N) is 2. The van der Waals surface area contributed by atoms with E-state index in [-0.39, 0.29) is 11.8 Å². The van der Waals surface area contributed by atoms with Gasteiger partial charge in [-0.05, 0) is 42.7 Å². The molecule has 1 aliphatic rings. The first-order valence-corrected chi connectivity index (χ1v) is 9.05. The third-order valence-electron chi connectivity index (χ3n) is 4.86. The van der Waals surface area contributed by atoms with Crippen LogP contribution >= 0.6 is 11.6 Å². The molecule has 0 radical (unpaired) electrons. The van der Waals surface area contributed by atoms with Gasteiger partial charge >= 0.3 is 0 Å². The fourth-order valence-electron chi connectivity index (χ4n) is 3.49. The number of imidazole rings is 1. The first-order chi connectivity index (χ1) is 12.2. The van der Waals surface area contributed by atoms with Crippen LogP contribution in [0.3, 0.4) is 0 Å². The molecule has 1 atom stereocenters. The molecule has 2 heterocycles. The summed E-state index contributed by atoms with van der Waals surface area (Å²) in [6, 6.07) is 15.9. The summed E-state index contributed by atoms with van der Waals surface area (Å²) in [4.78, 5) is 17.2. The van der Waals surface area contributed by atoms with Crippen molar-refractivity contribution in [3.05, 3.63) is 64.9 Å². The second kappa shape index (κ2) is 6.89. The van der Waals surface area contributed by atoms with Gasteiger partial charge in [0, 0.05) is 30.5 Å². The largest absolute Gasteiger partial charge is 0.356 e. The van der Waals surface area contributed by atoms with Crippen LogP contribution in [0.1, 0.15) is 17.8 Å². The van der Waals surface area contributed by atoms with Crippen LogP contribution in [-0.2, 0) is 24.2 Å². The molecule has 1 amide bonds. The minimum atomic E-state index is 0.00882. The fraction of sp³-hybridized carbons (Fsp3) is 0.300. The van der Waals surface area contributed by atoms with E-state index in [0.29, 0.717) is 13.0 Å².